The minimum absolute atomic E-state index is 0.0117. The fourth-order valence-electron chi connectivity index (χ4n) is 7.02. The number of carbonyl (C=O) groups is 3. The van der Waals surface area contributed by atoms with E-state index < -0.39 is 35.0 Å². The second kappa shape index (κ2) is 12.8. The number of nitrogens with zero attached hydrogens (tertiary/aromatic N) is 2. The summed E-state index contributed by atoms with van der Waals surface area (Å²) in [6, 6.07) is -0.856. The highest BCUT2D eigenvalue weighted by Crippen LogP contribution is 2.65. The van der Waals surface area contributed by atoms with Crippen molar-refractivity contribution in [1.82, 2.24) is 9.80 Å². The molecule has 1 N–H and O–H groups in total. The Bertz CT molecular complexity index is 892. The van der Waals surface area contributed by atoms with Crippen LogP contribution >= 0.6 is 0 Å². The highest BCUT2D eigenvalue weighted by molar-refractivity contribution is 5.98. The maximum absolute atomic E-state index is 14.4. The molecule has 3 saturated heterocycles. The zero-order valence-corrected chi connectivity index (χ0v) is 23.8. The quantitative estimate of drug-likeness (QED) is 0.184. The van der Waals surface area contributed by atoms with E-state index in [0.29, 0.717) is 32.4 Å². The van der Waals surface area contributed by atoms with Crippen molar-refractivity contribution in [1.29, 1.82) is 0 Å². The number of rotatable bonds is 16. The van der Waals surface area contributed by atoms with Gasteiger partial charge in [0.1, 0.15) is 17.6 Å². The van der Waals surface area contributed by atoms with Crippen LogP contribution in [0.3, 0.4) is 0 Å². The summed E-state index contributed by atoms with van der Waals surface area (Å²) in [5, 5.41) is 9.37. The van der Waals surface area contributed by atoms with E-state index in [1.165, 1.54) is 0 Å². The first-order valence-electron chi connectivity index (χ1n) is 14.4. The van der Waals surface area contributed by atoms with Crippen LogP contribution in [0, 0.1) is 17.8 Å². The maximum atomic E-state index is 14.4. The van der Waals surface area contributed by atoms with Gasteiger partial charge in [0, 0.05) is 25.7 Å². The molecule has 0 aromatic heterocycles. The zero-order chi connectivity index (χ0) is 28.1. The van der Waals surface area contributed by atoms with Crippen molar-refractivity contribution in [3.05, 3.63) is 25.3 Å². The third-order valence-electron chi connectivity index (χ3n) is 9.00. The first kappa shape index (κ1) is 30.4. The van der Waals surface area contributed by atoms with Gasteiger partial charge in [0.25, 0.3) is 0 Å². The highest BCUT2D eigenvalue weighted by Gasteiger charge is 2.80. The van der Waals surface area contributed by atoms with Gasteiger partial charge < -0.3 is 24.4 Å². The summed E-state index contributed by atoms with van der Waals surface area (Å²) >= 11 is 0. The lowest BCUT2D eigenvalue weighted by molar-refractivity contribution is -0.162. The van der Waals surface area contributed by atoms with Gasteiger partial charge in [0.15, 0.2) is 0 Å². The van der Waals surface area contributed by atoms with Gasteiger partial charge in [-0.3, -0.25) is 14.4 Å². The standard InChI is InChI=1S/C30H48N2O6/c1-7-10-11-14-19-37-28(36)24-23-26(34)32(17-12-13-18-33)25(30(23)20-21(4)29(24,6)38-30)27(35)31(16-9-3)22(5)15-8-2/h7,9,21-25,33H,1,3,8,10-20H2,2,4-6H3/t21?,22?,23-,24+,25?,29-,30?/m0/s1. The van der Waals surface area contributed by atoms with Gasteiger partial charge in [-0.15, -0.1) is 13.2 Å². The first-order valence-corrected chi connectivity index (χ1v) is 14.4. The van der Waals surface area contributed by atoms with Crippen molar-refractivity contribution in [2.75, 3.05) is 26.3 Å². The van der Waals surface area contributed by atoms with E-state index >= 15 is 0 Å². The number of ether oxygens (including phenoxy) is 2. The molecule has 3 aliphatic heterocycles. The fourth-order valence-corrected chi connectivity index (χ4v) is 7.02. The minimum atomic E-state index is -1.08. The summed E-state index contributed by atoms with van der Waals surface area (Å²) in [6.45, 7) is 16.6. The third kappa shape index (κ3) is 5.31. The summed E-state index contributed by atoms with van der Waals surface area (Å²) in [7, 11) is 0. The van der Waals surface area contributed by atoms with Gasteiger partial charge in [-0.2, -0.15) is 0 Å². The summed E-state index contributed by atoms with van der Waals surface area (Å²) in [6.07, 6.45) is 9.38. The number of allylic oxidation sites excluding steroid dienone is 1. The number of hydrogen-bond acceptors (Lipinski definition) is 6. The van der Waals surface area contributed by atoms with Crippen molar-refractivity contribution in [3.63, 3.8) is 0 Å². The van der Waals surface area contributed by atoms with Crippen LogP contribution in [-0.2, 0) is 23.9 Å². The lowest BCUT2D eigenvalue weighted by Crippen LogP contribution is -2.58. The molecule has 1 spiro atoms. The van der Waals surface area contributed by atoms with E-state index in [1.54, 1.807) is 15.9 Å². The molecule has 0 aromatic carbocycles. The Morgan fingerprint density at radius 3 is 2.63 bits per heavy atom. The molecule has 38 heavy (non-hydrogen) atoms. The van der Waals surface area contributed by atoms with E-state index in [0.717, 1.165) is 32.1 Å². The average Bonchev–Trinajstić information content (AvgIpc) is 3.39. The molecule has 3 heterocycles. The van der Waals surface area contributed by atoms with E-state index in [-0.39, 0.29) is 37.0 Å². The Kier molecular flexibility index (Phi) is 10.2. The van der Waals surface area contributed by atoms with Crippen molar-refractivity contribution in [3.8, 4) is 0 Å². The average molecular weight is 533 g/mol. The van der Waals surface area contributed by atoms with Gasteiger partial charge >= 0.3 is 5.97 Å². The number of aliphatic hydroxyl groups is 1. The predicted octanol–water partition coefficient (Wildman–Crippen LogP) is 3.87. The Morgan fingerprint density at radius 1 is 1.26 bits per heavy atom. The van der Waals surface area contributed by atoms with E-state index in [4.69, 9.17) is 9.47 Å². The summed E-state index contributed by atoms with van der Waals surface area (Å²) in [5.74, 6) is -2.34. The van der Waals surface area contributed by atoms with Crippen LogP contribution < -0.4 is 0 Å². The van der Waals surface area contributed by atoms with E-state index in [9.17, 15) is 19.5 Å². The van der Waals surface area contributed by atoms with Crippen molar-refractivity contribution in [2.45, 2.75) is 102 Å². The number of hydrogen-bond donors (Lipinski definition) is 1. The second-order valence-corrected chi connectivity index (χ2v) is 11.5. The van der Waals surface area contributed by atoms with Gasteiger partial charge in [-0.25, -0.2) is 0 Å². The summed E-state index contributed by atoms with van der Waals surface area (Å²) in [5.41, 5.74) is -1.97. The lowest BCUT2D eigenvalue weighted by atomic mass is 9.62. The van der Waals surface area contributed by atoms with Crippen molar-refractivity contribution in [2.24, 2.45) is 17.8 Å². The van der Waals surface area contributed by atoms with E-state index in [1.807, 2.05) is 26.8 Å². The first-order chi connectivity index (χ1) is 18.1. The van der Waals surface area contributed by atoms with Crippen LogP contribution in [0.15, 0.2) is 25.3 Å². The minimum Gasteiger partial charge on any atom is -0.465 e. The molecule has 214 valence electrons. The Labute approximate surface area is 228 Å². The Hall–Kier alpha value is -2.19. The number of carbonyl (C=O) groups excluding carboxylic acids is 3. The van der Waals surface area contributed by atoms with Crippen LogP contribution in [-0.4, -0.2) is 82.3 Å². The highest BCUT2D eigenvalue weighted by atomic mass is 16.6. The van der Waals surface area contributed by atoms with Crippen LogP contribution in [0.2, 0.25) is 0 Å². The monoisotopic (exact) mass is 532 g/mol. The molecular weight excluding hydrogens is 484 g/mol. The SMILES string of the molecule is C=CCCCCOC(=O)[C@H]1[C@H]2C(=O)N(CCCCO)C(C(=O)N(CC=C)C(C)CCC)C23CC(C)[C@]1(C)O3. The van der Waals surface area contributed by atoms with Gasteiger partial charge in [0.2, 0.25) is 11.8 Å². The molecule has 3 fully saturated rings. The molecule has 4 unspecified atom stereocenters. The van der Waals surface area contributed by atoms with Gasteiger partial charge in [-0.05, 0) is 64.7 Å². The number of unbranched alkanes of at least 4 members (excludes halogenated alkanes) is 3. The predicted molar refractivity (Wildman–Crippen MR) is 146 cm³/mol. The van der Waals surface area contributed by atoms with Crippen LogP contribution in [0.25, 0.3) is 0 Å². The molecule has 0 aliphatic carbocycles. The van der Waals surface area contributed by atoms with Crippen LogP contribution in [0.1, 0.15) is 79.1 Å². The van der Waals surface area contributed by atoms with Crippen LogP contribution in [0.5, 0.6) is 0 Å². The normalized spacial score (nSPS) is 32.2. The second-order valence-electron chi connectivity index (χ2n) is 11.5. The zero-order valence-electron chi connectivity index (χ0n) is 23.8. The van der Waals surface area contributed by atoms with Crippen LogP contribution in [0.4, 0.5) is 0 Å². The number of esters is 1. The number of amides is 2. The third-order valence-corrected chi connectivity index (χ3v) is 9.00. The molecule has 3 rings (SSSR count). The molecule has 2 amide bonds. The molecule has 0 saturated carbocycles. The van der Waals surface area contributed by atoms with Gasteiger partial charge in [-0.1, -0.05) is 32.4 Å². The molecule has 7 atom stereocenters. The smallest absolute Gasteiger partial charge is 0.312 e. The lowest BCUT2D eigenvalue weighted by Gasteiger charge is -2.39. The molecule has 8 heteroatoms. The van der Waals surface area contributed by atoms with E-state index in [2.05, 4.69) is 20.1 Å². The topological polar surface area (TPSA) is 96.4 Å². The molecule has 2 bridgehead atoms. The van der Waals surface area contributed by atoms with Gasteiger partial charge in [0.05, 0.1) is 18.1 Å². The molecule has 0 aromatic rings. The molecule has 3 aliphatic rings. The fraction of sp³-hybridized carbons (Fsp3) is 0.767. The van der Waals surface area contributed by atoms with Crippen molar-refractivity contribution >= 4 is 17.8 Å². The summed E-state index contributed by atoms with van der Waals surface area (Å²) in [4.78, 5) is 45.5. The molecular formula is C30H48N2O6. The number of likely N-dealkylation sites (tertiary alicyclic amines) is 1. The molecule has 0 radical (unpaired) electrons. The summed E-state index contributed by atoms with van der Waals surface area (Å²) < 4.78 is 12.5. The molecule has 8 nitrogen and oxygen atoms in total. The maximum Gasteiger partial charge on any atom is 0.312 e. The Morgan fingerprint density at radius 2 is 2.00 bits per heavy atom. The number of aliphatic hydroxyl groups excluding tert-OH is 1. The van der Waals surface area contributed by atoms with Crippen molar-refractivity contribution < 1.29 is 29.0 Å². The Balaban J connectivity index is 1.99. The largest absolute Gasteiger partial charge is 0.465 e. The number of fused-ring (bicyclic) bond motifs is 1.